The zero-order valence-electron chi connectivity index (χ0n) is 18.2. The van der Waals surface area contributed by atoms with Crippen molar-refractivity contribution in [1.82, 2.24) is 9.78 Å². The van der Waals surface area contributed by atoms with Crippen LogP contribution in [0, 0.1) is 13.8 Å². The fourth-order valence-electron chi connectivity index (χ4n) is 3.57. The minimum Gasteiger partial charge on any atom is -0.326 e. The lowest BCUT2D eigenvalue weighted by Crippen LogP contribution is -2.12. The summed E-state index contributed by atoms with van der Waals surface area (Å²) in [5.74, 6) is -0.400. The molecule has 0 aliphatic heterocycles. The first-order chi connectivity index (χ1) is 15.4. The molecule has 0 spiro atoms. The van der Waals surface area contributed by atoms with E-state index in [1.165, 1.54) is 6.92 Å². The molecule has 0 atom stereocenters. The first-order valence-electron chi connectivity index (χ1n) is 10.3. The molecule has 0 radical (unpaired) electrons. The second-order valence-corrected chi connectivity index (χ2v) is 7.70. The molecular formula is C26H24N4O2. The Morgan fingerprint density at radius 1 is 0.844 bits per heavy atom. The predicted molar refractivity (Wildman–Crippen MR) is 127 cm³/mol. The van der Waals surface area contributed by atoms with Crippen LogP contribution in [-0.2, 0) is 4.79 Å². The number of rotatable bonds is 5. The van der Waals surface area contributed by atoms with Crippen molar-refractivity contribution in [1.29, 1.82) is 0 Å². The molecule has 4 rings (SSSR count). The molecule has 0 saturated heterocycles. The molecule has 32 heavy (non-hydrogen) atoms. The number of benzene rings is 3. The average molecular weight is 425 g/mol. The molecular weight excluding hydrogens is 400 g/mol. The summed E-state index contributed by atoms with van der Waals surface area (Å²) in [6, 6.07) is 22.8. The number of hydrogen-bond acceptors (Lipinski definition) is 3. The van der Waals surface area contributed by atoms with E-state index in [0.717, 1.165) is 22.4 Å². The molecule has 0 unspecified atom stereocenters. The van der Waals surface area contributed by atoms with Crippen molar-refractivity contribution in [3.05, 3.63) is 95.7 Å². The van der Waals surface area contributed by atoms with Crippen molar-refractivity contribution in [2.75, 3.05) is 10.6 Å². The van der Waals surface area contributed by atoms with Gasteiger partial charge in [-0.2, -0.15) is 5.10 Å². The highest BCUT2D eigenvalue weighted by Gasteiger charge is 2.20. The van der Waals surface area contributed by atoms with Crippen LogP contribution in [0.5, 0.6) is 0 Å². The smallest absolute Gasteiger partial charge is 0.259 e. The maximum Gasteiger partial charge on any atom is 0.259 e. The van der Waals surface area contributed by atoms with Crippen LogP contribution in [0.15, 0.2) is 79.0 Å². The van der Waals surface area contributed by atoms with Gasteiger partial charge in [-0.25, -0.2) is 4.68 Å². The molecule has 2 N–H and O–H groups in total. The largest absolute Gasteiger partial charge is 0.326 e. The number of anilines is 2. The van der Waals surface area contributed by atoms with Crippen molar-refractivity contribution in [2.24, 2.45) is 0 Å². The van der Waals surface area contributed by atoms with E-state index in [1.807, 2.05) is 56.3 Å². The highest BCUT2D eigenvalue weighted by Crippen LogP contribution is 2.28. The third kappa shape index (κ3) is 4.59. The van der Waals surface area contributed by atoms with Crippen LogP contribution in [0.3, 0.4) is 0 Å². The van der Waals surface area contributed by atoms with Gasteiger partial charge in [0, 0.05) is 30.1 Å². The van der Waals surface area contributed by atoms with Crippen LogP contribution in [0.25, 0.3) is 16.9 Å². The van der Waals surface area contributed by atoms with E-state index in [4.69, 9.17) is 5.10 Å². The molecule has 6 heteroatoms. The van der Waals surface area contributed by atoms with E-state index in [0.29, 0.717) is 22.6 Å². The molecule has 4 aromatic rings. The molecule has 1 aromatic heterocycles. The Labute approximate surface area is 186 Å². The third-order valence-corrected chi connectivity index (χ3v) is 5.08. The van der Waals surface area contributed by atoms with Gasteiger partial charge in [-0.15, -0.1) is 0 Å². The van der Waals surface area contributed by atoms with Crippen molar-refractivity contribution >= 4 is 23.2 Å². The van der Waals surface area contributed by atoms with Gasteiger partial charge < -0.3 is 10.6 Å². The number of para-hydroxylation sites is 1. The van der Waals surface area contributed by atoms with Gasteiger partial charge in [0.05, 0.1) is 11.3 Å². The maximum atomic E-state index is 13.3. The lowest BCUT2D eigenvalue weighted by molar-refractivity contribution is -0.114. The first-order valence-corrected chi connectivity index (χ1v) is 10.3. The average Bonchev–Trinajstić information content (AvgIpc) is 3.21. The van der Waals surface area contributed by atoms with E-state index in [-0.39, 0.29) is 11.8 Å². The third-order valence-electron chi connectivity index (χ3n) is 5.08. The summed E-state index contributed by atoms with van der Waals surface area (Å²) in [7, 11) is 0. The van der Waals surface area contributed by atoms with Crippen LogP contribution >= 0.6 is 0 Å². The summed E-state index contributed by atoms with van der Waals surface area (Å²) in [5.41, 5.74) is 6.39. The Morgan fingerprint density at radius 3 is 2.12 bits per heavy atom. The normalized spacial score (nSPS) is 10.6. The number of aromatic nitrogens is 2. The van der Waals surface area contributed by atoms with Crippen molar-refractivity contribution in [3.8, 4) is 16.9 Å². The van der Waals surface area contributed by atoms with Crippen LogP contribution in [-0.4, -0.2) is 21.6 Å². The van der Waals surface area contributed by atoms with E-state index in [1.54, 1.807) is 35.1 Å². The van der Waals surface area contributed by atoms with E-state index in [9.17, 15) is 9.59 Å². The van der Waals surface area contributed by atoms with Gasteiger partial charge >= 0.3 is 0 Å². The summed E-state index contributed by atoms with van der Waals surface area (Å²) in [4.78, 5) is 24.5. The van der Waals surface area contributed by atoms with Gasteiger partial charge in [-0.05, 0) is 55.8 Å². The van der Waals surface area contributed by atoms with Crippen molar-refractivity contribution in [2.45, 2.75) is 20.8 Å². The number of nitrogens with one attached hydrogen (secondary N) is 2. The highest BCUT2D eigenvalue weighted by atomic mass is 16.2. The van der Waals surface area contributed by atoms with Gasteiger partial charge in [-0.3, -0.25) is 9.59 Å². The SMILES string of the molecule is CC(=O)Nc1ccc(NC(=O)c2cn(-c3ccccc3)nc2-c2ccc(C)cc2C)cc1. The molecule has 0 aliphatic carbocycles. The molecule has 0 aliphatic rings. The standard InChI is InChI=1S/C26H24N4O2/c1-17-9-14-23(18(2)15-17)25-24(16-30(29-25)22-7-5-4-6-8-22)26(32)28-21-12-10-20(11-13-21)27-19(3)31/h4-16H,1-3H3,(H,27,31)(H,28,32). The fourth-order valence-corrected chi connectivity index (χ4v) is 3.57. The molecule has 0 saturated carbocycles. The van der Waals surface area contributed by atoms with Gasteiger partial charge in [0.2, 0.25) is 5.91 Å². The van der Waals surface area contributed by atoms with Gasteiger partial charge in [-0.1, -0.05) is 42.0 Å². The molecule has 0 fully saturated rings. The van der Waals surface area contributed by atoms with Crippen molar-refractivity contribution < 1.29 is 9.59 Å². The molecule has 0 bridgehead atoms. The Balaban J connectivity index is 1.70. The Kier molecular flexibility index (Phi) is 5.85. The maximum absolute atomic E-state index is 13.3. The zero-order valence-corrected chi connectivity index (χ0v) is 18.2. The van der Waals surface area contributed by atoms with Gasteiger partial charge in [0.1, 0.15) is 5.69 Å². The number of aryl methyl sites for hydroxylation is 2. The van der Waals surface area contributed by atoms with Crippen LogP contribution < -0.4 is 10.6 Å². The summed E-state index contributed by atoms with van der Waals surface area (Å²) in [6.45, 7) is 5.51. The highest BCUT2D eigenvalue weighted by molar-refractivity contribution is 6.08. The first kappa shape index (κ1) is 21.1. The summed E-state index contributed by atoms with van der Waals surface area (Å²) >= 11 is 0. The van der Waals surface area contributed by atoms with E-state index in [2.05, 4.69) is 16.7 Å². The molecule has 1 heterocycles. The minimum absolute atomic E-state index is 0.145. The number of carbonyl (C=O) groups is 2. The summed E-state index contributed by atoms with van der Waals surface area (Å²) in [5, 5.41) is 10.4. The number of amides is 2. The van der Waals surface area contributed by atoms with E-state index >= 15 is 0 Å². The quantitative estimate of drug-likeness (QED) is 0.452. The minimum atomic E-state index is -0.255. The van der Waals surface area contributed by atoms with Crippen LogP contribution in [0.4, 0.5) is 11.4 Å². The van der Waals surface area contributed by atoms with Crippen LogP contribution in [0.2, 0.25) is 0 Å². The zero-order chi connectivity index (χ0) is 22.7. The summed E-state index contributed by atoms with van der Waals surface area (Å²) in [6.07, 6.45) is 1.75. The van der Waals surface area contributed by atoms with Gasteiger partial charge in [0.25, 0.3) is 5.91 Å². The van der Waals surface area contributed by atoms with Crippen LogP contribution in [0.1, 0.15) is 28.4 Å². The predicted octanol–water partition coefficient (Wildman–Crippen LogP) is 5.37. The lowest BCUT2D eigenvalue weighted by Gasteiger charge is -2.09. The Morgan fingerprint density at radius 2 is 1.50 bits per heavy atom. The number of carbonyl (C=O) groups excluding carboxylic acids is 2. The molecule has 2 amide bonds. The Hall–Kier alpha value is -4.19. The lowest BCUT2D eigenvalue weighted by atomic mass is 10.0. The number of hydrogen-bond donors (Lipinski definition) is 2. The Bertz CT molecular complexity index is 1280. The summed E-state index contributed by atoms with van der Waals surface area (Å²) < 4.78 is 1.73. The molecule has 160 valence electrons. The van der Waals surface area contributed by atoms with E-state index < -0.39 is 0 Å². The fraction of sp³-hybridized carbons (Fsp3) is 0.115. The van der Waals surface area contributed by atoms with Gasteiger partial charge in [0.15, 0.2) is 0 Å². The molecule has 6 nitrogen and oxygen atoms in total. The topological polar surface area (TPSA) is 76.0 Å². The molecule has 3 aromatic carbocycles. The van der Waals surface area contributed by atoms with Crippen molar-refractivity contribution in [3.63, 3.8) is 0 Å². The monoisotopic (exact) mass is 424 g/mol. The second-order valence-electron chi connectivity index (χ2n) is 7.70. The second kappa shape index (κ2) is 8.89. The number of nitrogens with zero attached hydrogens (tertiary/aromatic N) is 2.